The molecule has 1 aliphatic carbocycles. The molecule has 0 aromatic rings. The van der Waals surface area contributed by atoms with Crippen molar-refractivity contribution in [3.8, 4) is 0 Å². The van der Waals surface area contributed by atoms with E-state index < -0.39 is 6.04 Å². The van der Waals surface area contributed by atoms with Gasteiger partial charge in [0.25, 0.3) is 0 Å². The van der Waals surface area contributed by atoms with Crippen LogP contribution in [0.2, 0.25) is 0 Å². The number of nitrogens with one attached hydrogen (secondary N) is 2. The lowest BCUT2D eigenvalue weighted by Gasteiger charge is -2.37. The number of nitrogens with zero attached hydrogens (tertiary/aromatic N) is 1. The maximum absolute atomic E-state index is 12.3. The molecule has 0 aromatic heterocycles. The lowest BCUT2D eigenvalue weighted by Crippen LogP contribution is -2.51. The van der Waals surface area contributed by atoms with Crippen LogP contribution in [0.15, 0.2) is 0 Å². The quantitative estimate of drug-likeness (QED) is 0.806. The SMILES string of the molecule is CNC1(CC(=O)NC(C)C(=O)N2CCCC2)CCCCC1. The molecule has 120 valence electrons. The van der Waals surface area contributed by atoms with Gasteiger partial charge in [-0.2, -0.15) is 0 Å². The third-order valence-corrected chi connectivity index (χ3v) is 5.01. The van der Waals surface area contributed by atoms with Crippen molar-refractivity contribution in [2.75, 3.05) is 20.1 Å². The molecule has 0 spiro atoms. The van der Waals surface area contributed by atoms with Gasteiger partial charge >= 0.3 is 0 Å². The first kappa shape index (κ1) is 16.3. The van der Waals surface area contributed by atoms with Gasteiger partial charge in [0.15, 0.2) is 0 Å². The molecule has 0 aromatic carbocycles. The second-order valence-electron chi connectivity index (χ2n) is 6.59. The highest BCUT2D eigenvalue weighted by atomic mass is 16.2. The average molecular weight is 295 g/mol. The Hall–Kier alpha value is -1.10. The normalized spacial score (nSPS) is 22.9. The smallest absolute Gasteiger partial charge is 0.244 e. The number of amides is 2. The summed E-state index contributed by atoms with van der Waals surface area (Å²) in [4.78, 5) is 26.4. The fraction of sp³-hybridized carbons (Fsp3) is 0.875. The summed E-state index contributed by atoms with van der Waals surface area (Å²) in [5, 5.41) is 6.24. The Bertz CT molecular complexity index is 372. The van der Waals surface area contributed by atoms with Crippen LogP contribution in [0.5, 0.6) is 0 Å². The van der Waals surface area contributed by atoms with Crippen LogP contribution < -0.4 is 10.6 Å². The molecule has 2 fully saturated rings. The Balaban J connectivity index is 1.83. The van der Waals surface area contributed by atoms with Gasteiger partial charge in [-0.1, -0.05) is 19.3 Å². The van der Waals surface area contributed by atoms with Crippen LogP contribution in [0.3, 0.4) is 0 Å². The molecule has 5 heteroatoms. The molecule has 0 radical (unpaired) electrons. The van der Waals surface area contributed by atoms with Gasteiger partial charge in [0.1, 0.15) is 6.04 Å². The number of rotatable bonds is 5. The van der Waals surface area contributed by atoms with Crippen LogP contribution in [0.1, 0.15) is 58.3 Å². The fourth-order valence-corrected chi connectivity index (χ4v) is 3.62. The summed E-state index contributed by atoms with van der Waals surface area (Å²) in [6.07, 6.45) is 8.34. The van der Waals surface area contributed by atoms with Crippen molar-refractivity contribution < 1.29 is 9.59 Å². The van der Waals surface area contributed by atoms with E-state index in [1.54, 1.807) is 6.92 Å². The van der Waals surface area contributed by atoms with Crippen LogP contribution in [0.4, 0.5) is 0 Å². The average Bonchev–Trinajstić information content (AvgIpc) is 3.01. The van der Waals surface area contributed by atoms with Gasteiger partial charge in [-0.15, -0.1) is 0 Å². The molecule has 1 saturated carbocycles. The van der Waals surface area contributed by atoms with E-state index in [2.05, 4.69) is 10.6 Å². The molecular weight excluding hydrogens is 266 g/mol. The highest BCUT2D eigenvalue weighted by Crippen LogP contribution is 2.30. The molecule has 2 N–H and O–H groups in total. The topological polar surface area (TPSA) is 61.4 Å². The van der Waals surface area contributed by atoms with E-state index in [0.717, 1.165) is 38.8 Å². The molecule has 21 heavy (non-hydrogen) atoms. The lowest BCUT2D eigenvalue weighted by molar-refractivity contribution is -0.135. The van der Waals surface area contributed by atoms with E-state index in [-0.39, 0.29) is 17.4 Å². The zero-order chi connectivity index (χ0) is 15.3. The van der Waals surface area contributed by atoms with Crippen molar-refractivity contribution in [2.45, 2.75) is 69.9 Å². The molecule has 5 nitrogen and oxygen atoms in total. The van der Waals surface area contributed by atoms with Crippen molar-refractivity contribution in [3.05, 3.63) is 0 Å². The second-order valence-corrected chi connectivity index (χ2v) is 6.59. The van der Waals surface area contributed by atoms with Crippen LogP contribution in [-0.2, 0) is 9.59 Å². The number of hydrogen-bond acceptors (Lipinski definition) is 3. The minimum Gasteiger partial charge on any atom is -0.345 e. The maximum atomic E-state index is 12.3. The van der Waals surface area contributed by atoms with Gasteiger partial charge in [0.05, 0.1) is 0 Å². The summed E-state index contributed by atoms with van der Waals surface area (Å²) in [5.41, 5.74) is -0.0707. The van der Waals surface area contributed by atoms with E-state index in [0.29, 0.717) is 6.42 Å². The van der Waals surface area contributed by atoms with Gasteiger partial charge in [0.2, 0.25) is 11.8 Å². The summed E-state index contributed by atoms with van der Waals surface area (Å²) < 4.78 is 0. The number of carbonyl (C=O) groups is 2. The van der Waals surface area contributed by atoms with E-state index in [9.17, 15) is 9.59 Å². The highest BCUT2D eigenvalue weighted by Gasteiger charge is 2.33. The molecule has 1 aliphatic heterocycles. The fourth-order valence-electron chi connectivity index (χ4n) is 3.62. The summed E-state index contributed by atoms with van der Waals surface area (Å²) in [7, 11) is 1.94. The summed E-state index contributed by atoms with van der Waals surface area (Å²) in [6, 6.07) is -0.409. The largest absolute Gasteiger partial charge is 0.345 e. The van der Waals surface area contributed by atoms with Crippen LogP contribution in [-0.4, -0.2) is 48.4 Å². The number of hydrogen-bond donors (Lipinski definition) is 2. The Kier molecular flexibility index (Phi) is 5.62. The van der Waals surface area contributed by atoms with Crippen LogP contribution in [0.25, 0.3) is 0 Å². The molecule has 2 aliphatic rings. The van der Waals surface area contributed by atoms with E-state index >= 15 is 0 Å². The third kappa shape index (κ3) is 4.19. The maximum Gasteiger partial charge on any atom is 0.244 e. The van der Waals surface area contributed by atoms with Gasteiger partial charge < -0.3 is 15.5 Å². The third-order valence-electron chi connectivity index (χ3n) is 5.01. The zero-order valence-electron chi connectivity index (χ0n) is 13.4. The Labute approximate surface area is 127 Å². The zero-order valence-corrected chi connectivity index (χ0v) is 13.4. The van der Waals surface area contributed by atoms with E-state index in [1.165, 1.54) is 19.3 Å². The van der Waals surface area contributed by atoms with E-state index in [1.807, 2.05) is 11.9 Å². The minimum atomic E-state index is -0.409. The molecule has 2 amide bonds. The second kappa shape index (κ2) is 7.25. The van der Waals surface area contributed by atoms with Crippen molar-refractivity contribution in [1.29, 1.82) is 0 Å². The minimum absolute atomic E-state index is 0.00806. The number of carbonyl (C=O) groups excluding carboxylic acids is 2. The van der Waals surface area contributed by atoms with Crippen molar-refractivity contribution >= 4 is 11.8 Å². The molecular formula is C16H29N3O2. The van der Waals surface area contributed by atoms with Gasteiger partial charge in [-0.3, -0.25) is 9.59 Å². The van der Waals surface area contributed by atoms with Gasteiger partial charge in [-0.25, -0.2) is 0 Å². The molecule has 1 unspecified atom stereocenters. The van der Waals surface area contributed by atoms with Gasteiger partial charge in [-0.05, 0) is 39.7 Å². The Morgan fingerprint density at radius 3 is 2.29 bits per heavy atom. The highest BCUT2D eigenvalue weighted by molar-refractivity contribution is 5.87. The summed E-state index contributed by atoms with van der Waals surface area (Å²) in [6.45, 7) is 3.46. The van der Waals surface area contributed by atoms with Gasteiger partial charge in [0, 0.05) is 25.0 Å². The first-order valence-electron chi connectivity index (χ1n) is 8.33. The predicted octanol–water partition coefficient (Wildman–Crippen LogP) is 1.43. The summed E-state index contributed by atoms with van der Waals surface area (Å²) >= 11 is 0. The van der Waals surface area contributed by atoms with Crippen molar-refractivity contribution in [3.63, 3.8) is 0 Å². The number of likely N-dealkylation sites (tertiary alicyclic amines) is 1. The molecule has 0 bridgehead atoms. The van der Waals surface area contributed by atoms with Crippen LogP contribution >= 0.6 is 0 Å². The molecule has 1 saturated heterocycles. The van der Waals surface area contributed by atoms with Crippen molar-refractivity contribution in [1.82, 2.24) is 15.5 Å². The summed E-state index contributed by atoms with van der Waals surface area (Å²) in [5.74, 6) is 0.0503. The Morgan fingerprint density at radius 2 is 1.71 bits per heavy atom. The first-order valence-corrected chi connectivity index (χ1v) is 8.33. The monoisotopic (exact) mass is 295 g/mol. The first-order chi connectivity index (χ1) is 10.1. The standard InChI is InChI=1S/C16H29N3O2/c1-13(15(21)19-10-6-7-11-19)18-14(20)12-16(17-2)8-4-3-5-9-16/h13,17H,3-12H2,1-2H3,(H,18,20). The predicted molar refractivity (Wildman–Crippen MR) is 82.9 cm³/mol. The van der Waals surface area contributed by atoms with E-state index in [4.69, 9.17) is 0 Å². The van der Waals surface area contributed by atoms with Crippen molar-refractivity contribution in [2.24, 2.45) is 0 Å². The Morgan fingerprint density at radius 1 is 1.10 bits per heavy atom. The molecule has 2 rings (SSSR count). The lowest BCUT2D eigenvalue weighted by atomic mass is 9.79. The van der Waals surface area contributed by atoms with Crippen LogP contribution in [0, 0.1) is 0 Å². The molecule has 1 atom stereocenters. The molecule has 1 heterocycles.